The number of halogens is 5. The average Bonchev–Trinajstić information content (AvgIpc) is 3.14. The van der Waals surface area contributed by atoms with Gasteiger partial charge in [0, 0.05) is 5.56 Å². The van der Waals surface area contributed by atoms with E-state index in [1.165, 1.54) is 7.11 Å². The topological polar surface area (TPSA) is 86.1 Å². The molecule has 0 amide bonds. The smallest absolute Gasteiger partial charge is 0.434 e. The molecule has 1 aliphatic heterocycles. The predicted molar refractivity (Wildman–Crippen MR) is 101 cm³/mol. The van der Waals surface area contributed by atoms with Crippen molar-refractivity contribution >= 4 is 16.7 Å². The van der Waals surface area contributed by atoms with E-state index in [0.29, 0.717) is 22.6 Å². The molecule has 1 aromatic carbocycles. The number of nitrogens with two attached hydrogens (primary N) is 1. The number of hydrogen-bond donors (Lipinski definition) is 1. The second-order valence-electron chi connectivity index (χ2n) is 7.12. The molecule has 31 heavy (non-hydrogen) atoms. The summed E-state index contributed by atoms with van der Waals surface area (Å²) in [6.07, 6.45) is -5.12. The number of alkyl halides is 5. The average molecular weight is 438 g/mol. The Kier molecular flexibility index (Phi) is 4.32. The standard InChI is InChI=1S/C20H15F5N4O2/c1-8-4-5-11(30-3)9(2)13(8)29-14-12(10(6-26)18(29)27)16(20(23,24)25)28-17-15(14)31-7-19(17,21)22/h4-5H,7,27H2,1-3H3. The van der Waals surface area contributed by atoms with Crippen LogP contribution in [0.3, 0.4) is 0 Å². The Balaban J connectivity index is 2.30. The van der Waals surface area contributed by atoms with Gasteiger partial charge in [0.15, 0.2) is 23.7 Å². The van der Waals surface area contributed by atoms with Crippen molar-refractivity contribution in [3.63, 3.8) is 0 Å². The third-order valence-electron chi connectivity index (χ3n) is 5.25. The van der Waals surface area contributed by atoms with E-state index in [-0.39, 0.29) is 11.3 Å². The summed E-state index contributed by atoms with van der Waals surface area (Å²) in [7, 11) is 1.41. The Morgan fingerprint density at radius 2 is 1.97 bits per heavy atom. The van der Waals surface area contributed by atoms with E-state index < -0.39 is 46.8 Å². The zero-order chi connectivity index (χ0) is 22.9. The Hall–Kier alpha value is -3.55. The van der Waals surface area contributed by atoms with Crippen molar-refractivity contribution in [1.82, 2.24) is 9.55 Å². The van der Waals surface area contributed by atoms with Crippen LogP contribution >= 0.6 is 0 Å². The van der Waals surface area contributed by atoms with Crippen molar-refractivity contribution in [2.45, 2.75) is 25.9 Å². The highest BCUT2D eigenvalue weighted by Gasteiger charge is 2.49. The van der Waals surface area contributed by atoms with Crippen molar-refractivity contribution in [3.8, 4) is 23.3 Å². The Labute approximate surface area is 172 Å². The Bertz CT molecular complexity index is 1290. The molecule has 3 heterocycles. The van der Waals surface area contributed by atoms with Crippen LogP contribution in [0.25, 0.3) is 16.6 Å². The minimum atomic E-state index is -5.12. The largest absolute Gasteiger partial charge is 0.496 e. The number of fused-ring (bicyclic) bond motifs is 3. The van der Waals surface area contributed by atoms with Crippen molar-refractivity contribution in [2.75, 3.05) is 19.5 Å². The highest BCUT2D eigenvalue weighted by molar-refractivity contribution is 6.00. The molecule has 0 atom stereocenters. The molecule has 0 unspecified atom stereocenters. The van der Waals surface area contributed by atoms with Gasteiger partial charge in [-0.3, -0.25) is 4.57 Å². The van der Waals surface area contributed by atoms with Crippen LogP contribution in [0.1, 0.15) is 28.1 Å². The molecule has 6 nitrogen and oxygen atoms in total. The van der Waals surface area contributed by atoms with Gasteiger partial charge in [0.2, 0.25) is 0 Å². The van der Waals surface area contributed by atoms with Crippen LogP contribution in [-0.2, 0) is 12.1 Å². The van der Waals surface area contributed by atoms with Gasteiger partial charge in [-0.25, -0.2) is 4.98 Å². The molecule has 2 N–H and O–H groups in total. The summed E-state index contributed by atoms with van der Waals surface area (Å²) in [5.41, 5.74) is 3.79. The molecule has 3 aromatic rings. The number of methoxy groups -OCH3 is 1. The lowest BCUT2D eigenvalue weighted by atomic mass is 10.1. The highest BCUT2D eigenvalue weighted by Crippen LogP contribution is 2.51. The van der Waals surface area contributed by atoms with Crippen LogP contribution in [0, 0.1) is 25.2 Å². The third kappa shape index (κ3) is 2.78. The van der Waals surface area contributed by atoms with Gasteiger partial charge in [-0.05, 0) is 25.5 Å². The first-order chi connectivity index (χ1) is 14.4. The van der Waals surface area contributed by atoms with Crippen LogP contribution in [0.15, 0.2) is 12.1 Å². The molecule has 11 heteroatoms. The fraction of sp³-hybridized carbons (Fsp3) is 0.300. The van der Waals surface area contributed by atoms with Crippen LogP contribution in [0.5, 0.6) is 11.5 Å². The summed E-state index contributed by atoms with van der Waals surface area (Å²) in [6, 6.07) is 4.95. The van der Waals surface area contributed by atoms with Gasteiger partial charge in [-0.1, -0.05) is 6.07 Å². The number of rotatable bonds is 2. The summed E-state index contributed by atoms with van der Waals surface area (Å²) in [5.74, 6) is -4.23. The molecule has 0 saturated heterocycles. The lowest BCUT2D eigenvalue weighted by Gasteiger charge is -2.18. The van der Waals surface area contributed by atoms with Gasteiger partial charge < -0.3 is 15.2 Å². The van der Waals surface area contributed by atoms with Crippen molar-refractivity contribution < 1.29 is 31.4 Å². The lowest BCUT2D eigenvalue weighted by molar-refractivity contribution is -0.140. The Morgan fingerprint density at radius 3 is 2.55 bits per heavy atom. The molecule has 0 aliphatic carbocycles. The van der Waals surface area contributed by atoms with E-state index in [1.807, 2.05) is 0 Å². The molecule has 0 bridgehead atoms. The molecule has 0 saturated carbocycles. The Morgan fingerprint density at radius 1 is 1.29 bits per heavy atom. The summed E-state index contributed by atoms with van der Waals surface area (Å²) in [5, 5.41) is 8.92. The van der Waals surface area contributed by atoms with Crippen molar-refractivity contribution in [1.29, 1.82) is 5.26 Å². The first kappa shape index (κ1) is 20.7. The fourth-order valence-corrected chi connectivity index (χ4v) is 3.92. The number of anilines is 1. The minimum absolute atomic E-state index is 0.295. The molecular weight excluding hydrogens is 423 g/mol. The molecule has 0 spiro atoms. The van der Waals surface area contributed by atoms with Crippen LogP contribution in [0.2, 0.25) is 0 Å². The van der Waals surface area contributed by atoms with E-state index in [4.69, 9.17) is 15.2 Å². The number of aryl methyl sites for hydroxylation is 1. The van der Waals surface area contributed by atoms with E-state index in [0.717, 1.165) is 4.57 Å². The fourth-order valence-electron chi connectivity index (χ4n) is 3.92. The predicted octanol–water partition coefficient (Wildman–Crippen LogP) is 4.61. The maximum absolute atomic E-state index is 14.4. The maximum Gasteiger partial charge on any atom is 0.434 e. The maximum atomic E-state index is 14.4. The normalized spacial score (nSPS) is 14.9. The molecule has 2 aromatic heterocycles. The van der Waals surface area contributed by atoms with Gasteiger partial charge in [0.05, 0.1) is 18.2 Å². The number of nitrogens with zero attached hydrogens (tertiary/aromatic N) is 3. The summed E-state index contributed by atoms with van der Waals surface area (Å²) < 4.78 is 81.8. The molecule has 0 radical (unpaired) electrons. The zero-order valence-electron chi connectivity index (χ0n) is 16.5. The molecule has 1 aliphatic rings. The summed E-state index contributed by atoms with van der Waals surface area (Å²) in [4.78, 5) is 3.20. The number of pyridine rings is 1. The van der Waals surface area contributed by atoms with E-state index in [1.54, 1.807) is 32.0 Å². The number of nitriles is 1. The quantitative estimate of drug-likeness (QED) is 0.591. The minimum Gasteiger partial charge on any atom is -0.496 e. The first-order valence-corrected chi connectivity index (χ1v) is 8.94. The number of ether oxygens (including phenoxy) is 2. The van der Waals surface area contributed by atoms with E-state index in [2.05, 4.69) is 4.98 Å². The van der Waals surface area contributed by atoms with Gasteiger partial charge >= 0.3 is 12.1 Å². The van der Waals surface area contributed by atoms with Crippen molar-refractivity contribution in [2.24, 2.45) is 0 Å². The van der Waals surface area contributed by atoms with Crippen molar-refractivity contribution in [3.05, 3.63) is 40.2 Å². The highest BCUT2D eigenvalue weighted by atomic mass is 19.4. The van der Waals surface area contributed by atoms with E-state index in [9.17, 15) is 27.2 Å². The van der Waals surface area contributed by atoms with Gasteiger partial charge in [-0.2, -0.15) is 27.2 Å². The number of aromatic nitrogens is 2. The lowest BCUT2D eigenvalue weighted by Crippen LogP contribution is -2.18. The third-order valence-corrected chi connectivity index (χ3v) is 5.25. The number of nitrogen functional groups attached to an aromatic ring is 1. The summed E-state index contributed by atoms with van der Waals surface area (Å²) >= 11 is 0. The monoisotopic (exact) mass is 438 g/mol. The second kappa shape index (κ2) is 6.47. The van der Waals surface area contributed by atoms with Crippen LogP contribution in [-0.4, -0.2) is 23.3 Å². The van der Waals surface area contributed by atoms with Gasteiger partial charge in [-0.15, -0.1) is 0 Å². The first-order valence-electron chi connectivity index (χ1n) is 8.94. The van der Waals surface area contributed by atoms with Gasteiger partial charge in [0.1, 0.15) is 28.7 Å². The SMILES string of the molecule is COc1ccc(C)c(-n2c(N)c(C#N)c3c(C(F)(F)F)nc4c(c32)OCC4(F)F)c1C. The second-order valence-corrected chi connectivity index (χ2v) is 7.12. The van der Waals surface area contributed by atoms with Crippen LogP contribution in [0.4, 0.5) is 27.8 Å². The number of hydrogen-bond acceptors (Lipinski definition) is 5. The molecule has 4 rings (SSSR count). The summed E-state index contributed by atoms with van der Waals surface area (Å²) in [6.45, 7) is 2.13. The molecule has 0 fully saturated rings. The molecule has 162 valence electrons. The van der Waals surface area contributed by atoms with Gasteiger partial charge in [0.25, 0.3) is 0 Å². The molecular formula is C20H15F5N4O2. The zero-order valence-corrected chi connectivity index (χ0v) is 16.5. The van der Waals surface area contributed by atoms with E-state index >= 15 is 0 Å². The van der Waals surface area contributed by atoms with Crippen LogP contribution < -0.4 is 15.2 Å². The number of benzene rings is 1.